The first-order valence-corrected chi connectivity index (χ1v) is 9.99. The van der Waals surface area contributed by atoms with Crippen molar-refractivity contribution in [3.05, 3.63) is 35.3 Å². The second-order valence-corrected chi connectivity index (χ2v) is 8.35. The van der Waals surface area contributed by atoms with Crippen molar-refractivity contribution in [3.63, 3.8) is 0 Å². The van der Waals surface area contributed by atoms with Crippen molar-refractivity contribution < 1.29 is 9.53 Å². The Morgan fingerprint density at radius 2 is 2.08 bits per heavy atom. The van der Waals surface area contributed by atoms with Gasteiger partial charge in [-0.3, -0.25) is 4.79 Å². The summed E-state index contributed by atoms with van der Waals surface area (Å²) in [6.45, 7) is 5.93. The van der Waals surface area contributed by atoms with Crippen LogP contribution in [0.5, 0.6) is 0 Å². The Morgan fingerprint density at radius 1 is 1.36 bits per heavy atom. The van der Waals surface area contributed by atoms with Gasteiger partial charge in [-0.1, -0.05) is 35.2 Å². The molecule has 8 heteroatoms. The Kier molecular flexibility index (Phi) is 6.28. The van der Waals surface area contributed by atoms with E-state index in [9.17, 15) is 4.79 Å². The minimum absolute atomic E-state index is 0.0949. The third kappa shape index (κ3) is 4.93. The quantitative estimate of drug-likeness (QED) is 0.720. The largest absolute Gasteiger partial charge is 0.378 e. The van der Waals surface area contributed by atoms with Gasteiger partial charge in [0.1, 0.15) is 5.51 Å². The minimum Gasteiger partial charge on any atom is -0.378 e. The lowest BCUT2D eigenvalue weighted by molar-refractivity contribution is -0.129. The average molecular weight is 379 g/mol. The molecule has 0 saturated carbocycles. The summed E-state index contributed by atoms with van der Waals surface area (Å²) < 4.78 is 6.21. The lowest BCUT2D eigenvalue weighted by Gasteiger charge is -2.29. The summed E-state index contributed by atoms with van der Waals surface area (Å²) in [7, 11) is 1.84. The molecule has 0 aliphatic carbocycles. The first kappa shape index (κ1) is 18.2. The van der Waals surface area contributed by atoms with Gasteiger partial charge in [0, 0.05) is 32.4 Å². The number of rotatable bonds is 6. The Balaban J connectivity index is 1.54. The zero-order chi connectivity index (χ0) is 17.6. The summed E-state index contributed by atoms with van der Waals surface area (Å²) >= 11 is 2.91. The number of ether oxygens (including phenoxy) is 1. The second kappa shape index (κ2) is 8.64. The molecule has 1 fully saturated rings. The molecule has 0 unspecified atom stereocenters. The first-order valence-electron chi connectivity index (χ1n) is 8.23. The predicted octanol–water partition coefficient (Wildman–Crippen LogP) is 2.51. The third-order valence-electron chi connectivity index (χ3n) is 4.07. The Hall–Kier alpha value is -1.64. The number of carbonyl (C=O) groups is 1. The molecule has 0 radical (unpaired) electrons. The molecular weight excluding hydrogens is 356 g/mol. The van der Waals surface area contributed by atoms with E-state index >= 15 is 0 Å². The van der Waals surface area contributed by atoms with Crippen LogP contribution in [-0.2, 0) is 16.1 Å². The van der Waals surface area contributed by atoms with E-state index in [0.29, 0.717) is 6.54 Å². The van der Waals surface area contributed by atoms with Crippen molar-refractivity contribution in [2.45, 2.75) is 23.1 Å². The number of thioether (sulfide) groups is 1. The van der Waals surface area contributed by atoms with Gasteiger partial charge < -0.3 is 14.5 Å². The standard InChI is InChI=1S/C17H22N4O2S2/c1-13(25-17-19-18-12-24-17)16(22)20(2)11-14-3-5-15(6-4-14)21-7-9-23-10-8-21/h3-6,12-13H,7-11H2,1-2H3/t13-/m0/s1. The number of anilines is 1. The number of carbonyl (C=O) groups excluding carboxylic acids is 1. The molecule has 1 saturated heterocycles. The van der Waals surface area contributed by atoms with Crippen LogP contribution in [0, 0.1) is 0 Å². The Labute approximate surface area is 156 Å². The molecule has 1 aliphatic rings. The molecule has 134 valence electrons. The minimum atomic E-state index is -0.175. The smallest absolute Gasteiger partial charge is 0.235 e. The van der Waals surface area contributed by atoms with E-state index in [2.05, 4.69) is 39.4 Å². The van der Waals surface area contributed by atoms with Crippen LogP contribution in [0.1, 0.15) is 12.5 Å². The highest BCUT2D eigenvalue weighted by molar-refractivity contribution is 8.02. The summed E-state index contributed by atoms with van der Waals surface area (Å²) in [6.07, 6.45) is 0. The highest BCUT2D eigenvalue weighted by atomic mass is 32.2. The summed E-state index contributed by atoms with van der Waals surface area (Å²) in [5.41, 5.74) is 4.02. The number of morpholine rings is 1. The van der Waals surface area contributed by atoms with E-state index in [1.807, 2.05) is 14.0 Å². The normalized spacial score (nSPS) is 15.8. The summed E-state index contributed by atoms with van der Waals surface area (Å²) in [6, 6.07) is 8.44. The number of hydrogen-bond donors (Lipinski definition) is 0. The fourth-order valence-electron chi connectivity index (χ4n) is 2.71. The molecule has 0 bridgehead atoms. The van der Waals surface area contributed by atoms with E-state index in [1.54, 1.807) is 10.4 Å². The zero-order valence-corrected chi connectivity index (χ0v) is 16.1. The molecule has 0 spiro atoms. The van der Waals surface area contributed by atoms with Gasteiger partial charge in [-0.05, 0) is 24.6 Å². The van der Waals surface area contributed by atoms with Crippen LogP contribution < -0.4 is 4.90 Å². The second-order valence-electron chi connectivity index (χ2n) is 5.92. The lowest BCUT2D eigenvalue weighted by atomic mass is 10.1. The number of aromatic nitrogens is 2. The van der Waals surface area contributed by atoms with Gasteiger partial charge in [-0.15, -0.1) is 10.2 Å². The molecule has 25 heavy (non-hydrogen) atoms. The van der Waals surface area contributed by atoms with Crippen molar-refractivity contribution in [1.82, 2.24) is 15.1 Å². The van der Waals surface area contributed by atoms with Crippen molar-refractivity contribution >= 4 is 34.7 Å². The summed E-state index contributed by atoms with van der Waals surface area (Å²) in [5, 5.41) is 7.61. The van der Waals surface area contributed by atoms with E-state index in [0.717, 1.165) is 36.2 Å². The van der Waals surface area contributed by atoms with Crippen LogP contribution in [0.2, 0.25) is 0 Å². The van der Waals surface area contributed by atoms with Crippen LogP contribution in [0.25, 0.3) is 0 Å². The van der Waals surface area contributed by atoms with E-state index in [-0.39, 0.29) is 11.2 Å². The molecule has 0 N–H and O–H groups in total. The predicted molar refractivity (Wildman–Crippen MR) is 101 cm³/mol. The molecule has 6 nitrogen and oxygen atoms in total. The van der Waals surface area contributed by atoms with Crippen molar-refractivity contribution in [2.24, 2.45) is 0 Å². The monoisotopic (exact) mass is 378 g/mol. The Bertz CT molecular complexity index is 672. The van der Waals surface area contributed by atoms with Gasteiger partial charge >= 0.3 is 0 Å². The topological polar surface area (TPSA) is 58.6 Å². The van der Waals surface area contributed by atoms with Gasteiger partial charge in [0.2, 0.25) is 5.91 Å². The molecule has 1 amide bonds. The molecule has 1 aromatic carbocycles. The lowest BCUT2D eigenvalue weighted by Crippen LogP contribution is -2.36. The highest BCUT2D eigenvalue weighted by Gasteiger charge is 2.20. The maximum Gasteiger partial charge on any atom is 0.235 e. The summed E-state index contributed by atoms with van der Waals surface area (Å²) in [4.78, 5) is 16.6. The van der Waals surface area contributed by atoms with Gasteiger partial charge in [0.15, 0.2) is 4.34 Å². The zero-order valence-electron chi connectivity index (χ0n) is 14.4. The first-order chi connectivity index (χ1) is 12.1. The van der Waals surface area contributed by atoms with Crippen LogP contribution in [-0.4, -0.2) is 59.6 Å². The van der Waals surface area contributed by atoms with Gasteiger partial charge in [0.25, 0.3) is 0 Å². The average Bonchev–Trinajstić information content (AvgIpc) is 3.15. The van der Waals surface area contributed by atoms with Crippen LogP contribution in [0.15, 0.2) is 34.1 Å². The molecule has 2 heterocycles. The van der Waals surface area contributed by atoms with Crippen molar-refractivity contribution in [1.29, 1.82) is 0 Å². The Morgan fingerprint density at radius 3 is 2.72 bits per heavy atom. The SMILES string of the molecule is C[C@H](Sc1nncs1)C(=O)N(C)Cc1ccc(N2CCOCC2)cc1. The summed E-state index contributed by atoms with van der Waals surface area (Å²) in [5.74, 6) is 0.0949. The van der Waals surface area contributed by atoms with Gasteiger partial charge in [0.05, 0.1) is 18.5 Å². The number of benzene rings is 1. The molecule has 1 aliphatic heterocycles. The van der Waals surface area contributed by atoms with E-state index in [1.165, 1.54) is 28.8 Å². The maximum absolute atomic E-state index is 12.5. The molecular formula is C17H22N4O2S2. The van der Waals surface area contributed by atoms with E-state index < -0.39 is 0 Å². The maximum atomic E-state index is 12.5. The fraction of sp³-hybridized carbons (Fsp3) is 0.471. The van der Waals surface area contributed by atoms with Gasteiger partial charge in [-0.25, -0.2) is 0 Å². The van der Waals surface area contributed by atoms with Crippen LogP contribution >= 0.6 is 23.1 Å². The molecule has 3 rings (SSSR count). The molecule has 2 aromatic rings. The van der Waals surface area contributed by atoms with Crippen molar-refractivity contribution in [3.8, 4) is 0 Å². The third-order valence-corrected chi connectivity index (χ3v) is 5.97. The molecule has 1 aromatic heterocycles. The number of nitrogens with zero attached hydrogens (tertiary/aromatic N) is 4. The highest BCUT2D eigenvalue weighted by Crippen LogP contribution is 2.25. The fourth-order valence-corrected chi connectivity index (χ4v) is 4.45. The molecule has 1 atom stereocenters. The van der Waals surface area contributed by atoms with Gasteiger partial charge in [-0.2, -0.15) is 0 Å². The number of amides is 1. The van der Waals surface area contributed by atoms with E-state index in [4.69, 9.17) is 4.74 Å². The van der Waals surface area contributed by atoms with Crippen LogP contribution in [0.4, 0.5) is 5.69 Å². The van der Waals surface area contributed by atoms with Crippen molar-refractivity contribution in [2.75, 3.05) is 38.3 Å². The van der Waals surface area contributed by atoms with Crippen LogP contribution in [0.3, 0.4) is 0 Å². The number of hydrogen-bond acceptors (Lipinski definition) is 7.